The second-order valence-corrected chi connectivity index (χ2v) is 6.00. The monoisotopic (exact) mass is 376 g/mol. The van der Waals surface area contributed by atoms with Crippen LogP contribution < -0.4 is 5.32 Å². The number of halogens is 4. The van der Waals surface area contributed by atoms with Gasteiger partial charge in [0.05, 0.1) is 21.8 Å². The Balaban J connectivity index is 2.31. The van der Waals surface area contributed by atoms with Crippen LogP contribution in [0.4, 0.5) is 4.39 Å². The maximum Gasteiger partial charge on any atom is 0.123 e. The fourth-order valence-electron chi connectivity index (χ4n) is 1.94. The van der Waals surface area contributed by atoms with Crippen LogP contribution in [0.2, 0.25) is 10.0 Å². The maximum atomic E-state index is 13.3. The number of benzene rings is 1. The Morgan fingerprint density at radius 1 is 1.35 bits per heavy atom. The number of hydrogen-bond acceptors (Lipinski definition) is 2. The Labute approximate surface area is 135 Å². The first-order valence-electron chi connectivity index (χ1n) is 5.93. The molecule has 1 atom stereocenters. The van der Waals surface area contributed by atoms with E-state index < -0.39 is 0 Å². The van der Waals surface area contributed by atoms with E-state index in [0.717, 1.165) is 10.0 Å². The van der Waals surface area contributed by atoms with Gasteiger partial charge in [-0.15, -0.1) is 0 Å². The highest BCUT2D eigenvalue weighted by Crippen LogP contribution is 2.28. The van der Waals surface area contributed by atoms with E-state index in [2.05, 4.69) is 26.2 Å². The standard InChI is InChI=1S/C14H12BrCl2FN2/c1-19-13(14-12(17)6-9(16)7-20-14)5-8-4-10(18)2-3-11(8)15/h2-4,6-7,13,19H,5H2,1H3. The van der Waals surface area contributed by atoms with Gasteiger partial charge >= 0.3 is 0 Å². The summed E-state index contributed by atoms with van der Waals surface area (Å²) in [6, 6.07) is 6.12. The van der Waals surface area contributed by atoms with Gasteiger partial charge in [-0.25, -0.2) is 4.39 Å². The van der Waals surface area contributed by atoms with E-state index in [9.17, 15) is 4.39 Å². The number of nitrogens with one attached hydrogen (secondary N) is 1. The van der Waals surface area contributed by atoms with Gasteiger partial charge < -0.3 is 5.32 Å². The van der Waals surface area contributed by atoms with Crippen molar-refractivity contribution in [2.24, 2.45) is 0 Å². The normalized spacial score (nSPS) is 12.4. The lowest BCUT2D eigenvalue weighted by Crippen LogP contribution is -2.20. The smallest absolute Gasteiger partial charge is 0.123 e. The van der Waals surface area contributed by atoms with Crippen molar-refractivity contribution in [1.29, 1.82) is 0 Å². The number of hydrogen-bond donors (Lipinski definition) is 1. The zero-order valence-corrected chi connectivity index (χ0v) is 13.7. The van der Waals surface area contributed by atoms with Gasteiger partial charge in [-0.05, 0) is 43.3 Å². The zero-order valence-electron chi connectivity index (χ0n) is 10.6. The highest BCUT2D eigenvalue weighted by Gasteiger charge is 2.17. The molecule has 0 saturated heterocycles. The van der Waals surface area contributed by atoms with Crippen molar-refractivity contribution in [1.82, 2.24) is 10.3 Å². The molecule has 1 heterocycles. The number of rotatable bonds is 4. The first-order valence-corrected chi connectivity index (χ1v) is 7.48. The van der Waals surface area contributed by atoms with Crippen LogP contribution in [0.25, 0.3) is 0 Å². The lowest BCUT2D eigenvalue weighted by Gasteiger charge is -2.18. The largest absolute Gasteiger partial charge is 0.311 e. The number of pyridine rings is 1. The molecule has 0 spiro atoms. The van der Waals surface area contributed by atoms with Crippen LogP contribution in [0.3, 0.4) is 0 Å². The van der Waals surface area contributed by atoms with Crippen molar-refractivity contribution in [3.05, 3.63) is 62.1 Å². The van der Waals surface area contributed by atoms with Crippen molar-refractivity contribution in [2.75, 3.05) is 7.05 Å². The van der Waals surface area contributed by atoms with E-state index in [-0.39, 0.29) is 11.9 Å². The Kier molecular flexibility index (Phi) is 5.38. The lowest BCUT2D eigenvalue weighted by atomic mass is 10.0. The van der Waals surface area contributed by atoms with Crippen molar-refractivity contribution in [3.8, 4) is 0 Å². The summed E-state index contributed by atoms with van der Waals surface area (Å²) in [5.74, 6) is -0.270. The van der Waals surface area contributed by atoms with Crippen molar-refractivity contribution in [2.45, 2.75) is 12.5 Å². The maximum absolute atomic E-state index is 13.3. The van der Waals surface area contributed by atoms with E-state index >= 15 is 0 Å². The van der Waals surface area contributed by atoms with E-state index in [1.807, 2.05) is 7.05 Å². The lowest BCUT2D eigenvalue weighted by molar-refractivity contribution is 0.569. The molecule has 0 fully saturated rings. The van der Waals surface area contributed by atoms with Gasteiger partial charge in [0, 0.05) is 10.7 Å². The van der Waals surface area contributed by atoms with Crippen molar-refractivity contribution in [3.63, 3.8) is 0 Å². The minimum absolute atomic E-state index is 0.127. The third kappa shape index (κ3) is 3.70. The molecular formula is C14H12BrCl2FN2. The molecule has 1 aromatic carbocycles. The third-order valence-electron chi connectivity index (χ3n) is 2.95. The zero-order chi connectivity index (χ0) is 14.7. The summed E-state index contributed by atoms with van der Waals surface area (Å²) in [6.45, 7) is 0. The SMILES string of the molecule is CNC(Cc1cc(F)ccc1Br)c1ncc(Cl)cc1Cl. The quantitative estimate of drug-likeness (QED) is 0.828. The molecule has 2 nitrogen and oxygen atoms in total. The molecule has 20 heavy (non-hydrogen) atoms. The fourth-order valence-corrected chi connectivity index (χ4v) is 2.86. The van der Waals surface area contributed by atoms with Gasteiger partial charge in [-0.3, -0.25) is 4.98 Å². The van der Waals surface area contributed by atoms with Crippen LogP contribution in [-0.2, 0) is 6.42 Å². The van der Waals surface area contributed by atoms with Crippen molar-refractivity contribution < 1.29 is 4.39 Å². The predicted molar refractivity (Wildman–Crippen MR) is 83.9 cm³/mol. The van der Waals surface area contributed by atoms with Gasteiger partial charge in [0.25, 0.3) is 0 Å². The molecule has 2 aromatic rings. The van der Waals surface area contributed by atoms with E-state index in [1.54, 1.807) is 18.3 Å². The van der Waals surface area contributed by atoms with Gasteiger partial charge in [0.15, 0.2) is 0 Å². The van der Waals surface area contributed by atoms with Gasteiger partial charge in [0.2, 0.25) is 0 Å². The Hall–Kier alpha value is -0.680. The van der Waals surface area contributed by atoms with E-state index in [0.29, 0.717) is 22.2 Å². The van der Waals surface area contributed by atoms with E-state index in [1.165, 1.54) is 12.1 Å². The topological polar surface area (TPSA) is 24.9 Å². The second kappa shape index (κ2) is 6.85. The summed E-state index contributed by atoms with van der Waals surface area (Å²) in [6.07, 6.45) is 2.11. The van der Waals surface area contributed by atoms with Gasteiger partial charge in [-0.2, -0.15) is 0 Å². The molecule has 0 saturated carbocycles. The summed E-state index contributed by atoms with van der Waals surface area (Å²) in [4.78, 5) is 4.26. The molecule has 1 aromatic heterocycles. The molecule has 106 valence electrons. The molecule has 2 rings (SSSR count). The van der Waals surface area contributed by atoms with Crippen LogP contribution in [0.15, 0.2) is 34.9 Å². The molecule has 0 amide bonds. The minimum atomic E-state index is -0.270. The Morgan fingerprint density at radius 3 is 2.75 bits per heavy atom. The molecule has 6 heteroatoms. The van der Waals surface area contributed by atoms with Crippen LogP contribution in [0.5, 0.6) is 0 Å². The average Bonchev–Trinajstić information content (AvgIpc) is 2.40. The molecule has 0 aliphatic carbocycles. The summed E-state index contributed by atoms with van der Waals surface area (Å²) in [7, 11) is 1.81. The first-order chi connectivity index (χ1) is 9.51. The average molecular weight is 378 g/mol. The molecule has 1 unspecified atom stereocenters. The van der Waals surface area contributed by atoms with Gasteiger partial charge in [-0.1, -0.05) is 39.1 Å². The molecule has 0 bridgehead atoms. The Bertz CT molecular complexity index is 622. The Morgan fingerprint density at radius 2 is 2.10 bits per heavy atom. The van der Waals surface area contributed by atoms with Gasteiger partial charge in [0.1, 0.15) is 5.82 Å². The molecular weight excluding hydrogens is 366 g/mol. The summed E-state index contributed by atoms with van der Waals surface area (Å²) in [5, 5.41) is 4.12. The van der Waals surface area contributed by atoms with Crippen LogP contribution in [-0.4, -0.2) is 12.0 Å². The molecule has 1 N–H and O–H groups in total. The molecule has 0 aliphatic heterocycles. The number of likely N-dealkylation sites (N-methyl/N-ethyl adjacent to an activating group) is 1. The minimum Gasteiger partial charge on any atom is -0.311 e. The summed E-state index contributed by atoms with van der Waals surface area (Å²) >= 11 is 15.4. The van der Waals surface area contributed by atoms with Crippen molar-refractivity contribution >= 4 is 39.1 Å². The molecule has 0 aliphatic rings. The van der Waals surface area contributed by atoms with E-state index in [4.69, 9.17) is 23.2 Å². The fraction of sp³-hybridized carbons (Fsp3) is 0.214. The first kappa shape index (κ1) is 15.7. The van der Waals surface area contributed by atoms with Crippen LogP contribution in [0.1, 0.15) is 17.3 Å². The number of nitrogens with zero attached hydrogens (tertiary/aromatic N) is 1. The molecule has 0 radical (unpaired) electrons. The van der Waals surface area contributed by atoms with Crippen LogP contribution >= 0.6 is 39.1 Å². The second-order valence-electron chi connectivity index (χ2n) is 4.30. The number of aromatic nitrogens is 1. The third-order valence-corrected chi connectivity index (χ3v) is 4.23. The predicted octanol–water partition coefficient (Wildman–Crippen LogP) is 4.79. The summed E-state index contributed by atoms with van der Waals surface area (Å²) < 4.78 is 14.2. The van der Waals surface area contributed by atoms with Crippen LogP contribution in [0, 0.1) is 5.82 Å². The summed E-state index contributed by atoms with van der Waals surface area (Å²) in [5.41, 5.74) is 1.53. The highest BCUT2D eigenvalue weighted by atomic mass is 79.9. The highest BCUT2D eigenvalue weighted by molar-refractivity contribution is 9.10.